The predicted molar refractivity (Wildman–Crippen MR) is 52.7 cm³/mol. The van der Waals surface area contributed by atoms with Gasteiger partial charge in [-0.15, -0.1) is 0 Å². The van der Waals surface area contributed by atoms with E-state index in [1.807, 2.05) is 0 Å². The summed E-state index contributed by atoms with van der Waals surface area (Å²) in [5.74, 6) is 0. The van der Waals surface area contributed by atoms with E-state index in [1.54, 1.807) is 0 Å². The maximum absolute atomic E-state index is 2.24. The van der Waals surface area contributed by atoms with Crippen LogP contribution < -0.4 is 0 Å². The molecule has 0 spiro atoms. The molecule has 0 heterocycles. The fourth-order valence-electron chi connectivity index (χ4n) is 0.880. The molecule has 0 N–H and O–H groups in total. The second-order valence-electron chi connectivity index (χ2n) is 3.13. The molecule has 0 aromatic rings. The highest BCUT2D eigenvalue weighted by molar-refractivity contribution is 5.14. The molecule has 0 unspecified atom stereocenters. The van der Waals surface area contributed by atoms with Gasteiger partial charge in [0, 0.05) is 0 Å². The van der Waals surface area contributed by atoms with Crippen molar-refractivity contribution in [2.24, 2.45) is 0 Å². The molecule has 0 nitrogen and oxygen atoms in total. The maximum Gasteiger partial charge on any atom is -0.0323 e. The van der Waals surface area contributed by atoms with Crippen LogP contribution >= 0.6 is 0 Å². The first-order chi connectivity index (χ1) is 5.20. The van der Waals surface area contributed by atoms with E-state index in [-0.39, 0.29) is 0 Å². The van der Waals surface area contributed by atoms with Crippen LogP contribution in [0.1, 0.15) is 47.0 Å². The van der Waals surface area contributed by atoms with Gasteiger partial charge in [0.05, 0.1) is 0 Å². The molecule has 0 rings (SSSR count). The van der Waals surface area contributed by atoms with E-state index in [0.29, 0.717) is 0 Å². The molecular formula is C11H20. The zero-order valence-corrected chi connectivity index (χ0v) is 8.28. The first-order valence-electron chi connectivity index (χ1n) is 4.53. The first kappa shape index (κ1) is 10.5. The summed E-state index contributed by atoms with van der Waals surface area (Å²) in [5.41, 5.74) is 2.95. The highest BCUT2D eigenvalue weighted by atomic mass is 13.9. The molecule has 0 saturated carbocycles. The third-order valence-corrected chi connectivity index (χ3v) is 1.85. The Kier molecular flexibility index (Phi) is 5.91. The molecule has 0 heteroatoms. The topological polar surface area (TPSA) is 0 Å². The van der Waals surface area contributed by atoms with Crippen LogP contribution in [-0.2, 0) is 0 Å². The Morgan fingerprint density at radius 2 is 1.55 bits per heavy atom. The van der Waals surface area contributed by atoms with Crippen LogP contribution in [0.5, 0.6) is 0 Å². The fourth-order valence-corrected chi connectivity index (χ4v) is 0.880. The lowest BCUT2D eigenvalue weighted by Gasteiger charge is -1.95. The van der Waals surface area contributed by atoms with Gasteiger partial charge in [-0.3, -0.25) is 0 Å². The molecule has 11 heavy (non-hydrogen) atoms. The van der Waals surface area contributed by atoms with Gasteiger partial charge in [0.15, 0.2) is 0 Å². The average Bonchev–Trinajstić information content (AvgIpc) is 2.01. The molecule has 0 amide bonds. The molecule has 0 aromatic heterocycles. The third kappa shape index (κ3) is 5.90. The van der Waals surface area contributed by atoms with Crippen LogP contribution in [0.3, 0.4) is 0 Å². The van der Waals surface area contributed by atoms with Crippen LogP contribution in [0.4, 0.5) is 0 Å². The van der Waals surface area contributed by atoms with Crippen LogP contribution in [-0.4, -0.2) is 0 Å². The molecule has 0 aromatic carbocycles. The molecule has 0 fully saturated rings. The van der Waals surface area contributed by atoms with Crippen LogP contribution in [0, 0.1) is 0 Å². The van der Waals surface area contributed by atoms with Gasteiger partial charge in [0.2, 0.25) is 0 Å². The Balaban J connectivity index is 3.89. The van der Waals surface area contributed by atoms with Crippen molar-refractivity contribution in [1.82, 2.24) is 0 Å². The van der Waals surface area contributed by atoms with E-state index in [1.165, 1.54) is 24.0 Å². The van der Waals surface area contributed by atoms with Crippen molar-refractivity contribution in [2.75, 3.05) is 0 Å². The number of hydrogen-bond acceptors (Lipinski definition) is 0. The van der Waals surface area contributed by atoms with E-state index >= 15 is 0 Å². The van der Waals surface area contributed by atoms with Gasteiger partial charge in [-0.25, -0.2) is 0 Å². The van der Waals surface area contributed by atoms with Gasteiger partial charge >= 0.3 is 0 Å². The van der Waals surface area contributed by atoms with Gasteiger partial charge < -0.3 is 0 Å². The monoisotopic (exact) mass is 152 g/mol. The SMILES string of the molecule is CCC/C(C)=C/C=C(\C)CC. The molecule has 0 radical (unpaired) electrons. The number of allylic oxidation sites excluding steroid dienone is 4. The summed E-state index contributed by atoms with van der Waals surface area (Å²) in [6, 6.07) is 0. The summed E-state index contributed by atoms with van der Waals surface area (Å²) < 4.78 is 0. The molecular weight excluding hydrogens is 132 g/mol. The minimum Gasteiger partial charge on any atom is -0.0736 e. The van der Waals surface area contributed by atoms with Gasteiger partial charge in [0.1, 0.15) is 0 Å². The second kappa shape index (κ2) is 6.21. The molecule has 64 valence electrons. The summed E-state index contributed by atoms with van der Waals surface area (Å²) in [7, 11) is 0. The van der Waals surface area contributed by atoms with Crippen molar-refractivity contribution in [1.29, 1.82) is 0 Å². The van der Waals surface area contributed by atoms with Crippen molar-refractivity contribution >= 4 is 0 Å². The van der Waals surface area contributed by atoms with Gasteiger partial charge in [0.25, 0.3) is 0 Å². The normalized spacial score (nSPS) is 13.8. The van der Waals surface area contributed by atoms with E-state index in [4.69, 9.17) is 0 Å². The summed E-state index contributed by atoms with van der Waals surface area (Å²) in [6.45, 7) is 8.78. The molecule has 0 aliphatic carbocycles. The van der Waals surface area contributed by atoms with Crippen molar-refractivity contribution in [3.05, 3.63) is 23.3 Å². The lowest BCUT2D eigenvalue weighted by Crippen LogP contribution is -1.74. The van der Waals surface area contributed by atoms with E-state index in [0.717, 1.165) is 6.42 Å². The highest BCUT2D eigenvalue weighted by Gasteiger charge is 1.84. The van der Waals surface area contributed by atoms with E-state index in [2.05, 4.69) is 39.8 Å². The molecule has 0 aliphatic heterocycles. The van der Waals surface area contributed by atoms with E-state index < -0.39 is 0 Å². The minimum atomic E-state index is 1.16. The average molecular weight is 152 g/mol. The van der Waals surface area contributed by atoms with Crippen LogP contribution in [0.2, 0.25) is 0 Å². The molecule has 0 atom stereocenters. The minimum absolute atomic E-state index is 1.16. The predicted octanol–water partition coefficient (Wildman–Crippen LogP) is 4.09. The zero-order valence-electron chi connectivity index (χ0n) is 8.28. The third-order valence-electron chi connectivity index (χ3n) is 1.85. The molecule has 0 saturated heterocycles. The zero-order chi connectivity index (χ0) is 8.69. The maximum atomic E-state index is 2.24. The Morgan fingerprint density at radius 3 is 2.00 bits per heavy atom. The Labute approximate surface area is 71.0 Å². The molecule has 0 aliphatic rings. The van der Waals surface area contributed by atoms with Crippen molar-refractivity contribution in [3.63, 3.8) is 0 Å². The van der Waals surface area contributed by atoms with Gasteiger partial charge in [-0.1, -0.05) is 43.6 Å². The van der Waals surface area contributed by atoms with Crippen LogP contribution in [0.25, 0.3) is 0 Å². The van der Waals surface area contributed by atoms with E-state index in [9.17, 15) is 0 Å². The summed E-state index contributed by atoms with van der Waals surface area (Å²) in [6.07, 6.45) is 8.11. The fraction of sp³-hybridized carbons (Fsp3) is 0.636. The smallest absolute Gasteiger partial charge is 0.0323 e. The largest absolute Gasteiger partial charge is 0.0736 e. The molecule has 0 bridgehead atoms. The van der Waals surface area contributed by atoms with Crippen molar-refractivity contribution < 1.29 is 0 Å². The van der Waals surface area contributed by atoms with Gasteiger partial charge in [-0.2, -0.15) is 0 Å². The van der Waals surface area contributed by atoms with Gasteiger partial charge in [-0.05, 0) is 26.7 Å². The standard InChI is InChI=1S/C11H20/c1-5-7-11(4)9-8-10(3)6-2/h8-9H,5-7H2,1-4H3/b10-8+,11-9+. The highest BCUT2D eigenvalue weighted by Crippen LogP contribution is 2.05. The van der Waals surface area contributed by atoms with Crippen molar-refractivity contribution in [2.45, 2.75) is 47.0 Å². The summed E-state index contributed by atoms with van der Waals surface area (Å²) in [4.78, 5) is 0. The Morgan fingerprint density at radius 1 is 1.00 bits per heavy atom. The lowest BCUT2D eigenvalue weighted by molar-refractivity contribution is 0.905. The van der Waals surface area contributed by atoms with Crippen LogP contribution in [0.15, 0.2) is 23.3 Å². The number of rotatable bonds is 4. The Bertz CT molecular complexity index is 149. The quantitative estimate of drug-likeness (QED) is 0.532. The second-order valence-corrected chi connectivity index (χ2v) is 3.13. The first-order valence-corrected chi connectivity index (χ1v) is 4.53. The summed E-state index contributed by atoms with van der Waals surface area (Å²) in [5, 5.41) is 0. The van der Waals surface area contributed by atoms with Crippen molar-refractivity contribution in [3.8, 4) is 0 Å². The lowest BCUT2D eigenvalue weighted by atomic mass is 10.1. The number of hydrogen-bond donors (Lipinski definition) is 0. The Hall–Kier alpha value is -0.520. The summed E-state index contributed by atoms with van der Waals surface area (Å²) >= 11 is 0.